The SMILES string of the molecule is CCn1cnc(CNC(C)c2cc(OC)ccc2O)c1. The number of imidazole rings is 1. The summed E-state index contributed by atoms with van der Waals surface area (Å²) in [6, 6.07) is 5.25. The summed E-state index contributed by atoms with van der Waals surface area (Å²) >= 11 is 0. The third-order valence-corrected chi connectivity index (χ3v) is 3.34. The van der Waals surface area contributed by atoms with Crippen molar-refractivity contribution < 1.29 is 9.84 Å². The summed E-state index contributed by atoms with van der Waals surface area (Å²) in [4.78, 5) is 4.32. The van der Waals surface area contributed by atoms with Gasteiger partial charge >= 0.3 is 0 Å². The molecule has 0 amide bonds. The van der Waals surface area contributed by atoms with Crippen molar-refractivity contribution in [1.82, 2.24) is 14.9 Å². The van der Waals surface area contributed by atoms with Crippen molar-refractivity contribution in [2.45, 2.75) is 33.0 Å². The molecule has 0 fully saturated rings. The molecule has 1 heterocycles. The average molecular weight is 275 g/mol. The summed E-state index contributed by atoms with van der Waals surface area (Å²) in [5.41, 5.74) is 1.81. The van der Waals surface area contributed by atoms with Gasteiger partial charge in [-0.2, -0.15) is 0 Å². The molecule has 1 atom stereocenters. The summed E-state index contributed by atoms with van der Waals surface area (Å²) in [6.07, 6.45) is 3.84. The predicted octanol–water partition coefficient (Wildman–Crippen LogP) is 2.47. The fraction of sp³-hybridized carbons (Fsp3) is 0.400. The van der Waals surface area contributed by atoms with Gasteiger partial charge in [0.15, 0.2) is 0 Å². The highest BCUT2D eigenvalue weighted by molar-refractivity contribution is 5.41. The lowest BCUT2D eigenvalue weighted by Gasteiger charge is -2.15. The number of ether oxygens (including phenoxy) is 1. The molecule has 108 valence electrons. The molecule has 2 rings (SSSR count). The molecule has 1 aromatic heterocycles. The van der Waals surface area contributed by atoms with Crippen molar-refractivity contribution in [3.8, 4) is 11.5 Å². The van der Waals surface area contributed by atoms with Crippen LogP contribution in [0, 0.1) is 0 Å². The quantitative estimate of drug-likeness (QED) is 0.850. The molecule has 0 bridgehead atoms. The highest BCUT2D eigenvalue weighted by atomic mass is 16.5. The number of hydrogen-bond acceptors (Lipinski definition) is 4. The number of nitrogens with one attached hydrogen (secondary N) is 1. The number of methoxy groups -OCH3 is 1. The van der Waals surface area contributed by atoms with E-state index in [4.69, 9.17) is 4.74 Å². The van der Waals surface area contributed by atoms with E-state index in [2.05, 4.69) is 17.2 Å². The number of nitrogens with zero attached hydrogens (tertiary/aromatic N) is 2. The smallest absolute Gasteiger partial charge is 0.120 e. The first-order chi connectivity index (χ1) is 9.63. The van der Waals surface area contributed by atoms with Gasteiger partial charge in [0.05, 0.1) is 19.1 Å². The molecule has 1 aromatic carbocycles. The van der Waals surface area contributed by atoms with Crippen LogP contribution in [0.1, 0.15) is 31.1 Å². The van der Waals surface area contributed by atoms with Gasteiger partial charge in [0, 0.05) is 30.9 Å². The standard InChI is InChI=1S/C15H21N3O2/c1-4-18-9-12(17-10-18)8-16-11(2)14-7-13(20-3)5-6-15(14)19/h5-7,9-11,16,19H,4,8H2,1-3H3. The lowest BCUT2D eigenvalue weighted by atomic mass is 10.1. The minimum Gasteiger partial charge on any atom is -0.508 e. The zero-order chi connectivity index (χ0) is 14.5. The molecular formula is C15H21N3O2. The lowest BCUT2D eigenvalue weighted by Crippen LogP contribution is -2.18. The first-order valence-electron chi connectivity index (χ1n) is 6.75. The summed E-state index contributed by atoms with van der Waals surface area (Å²) in [5.74, 6) is 1.01. The van der Waals surface area contributed by atoms with Crippen LogP contribution in [0.4, 0.5) is 0 Å². The Morgan fingerprint density at radius 3 is 2.90 bits per heavy atom. The van der Waals surface area contributed by atoms with Crippen LogP contribution < -0.4 is 10.1 Å². The molecule has 5 nitrogen and oxygen atoms in total. The Kier molecular flexibility index (Phi) is 4.63. The maximum absolute atomic E-state index is 9.92. The van der Waals surface area contributed by atoms with Crippen molar-refractivity contribution in [1.29, 1.82) is 0 Å². The molecule has 0 radical (unpaired) electrons. The zero-order valence-corrected chi connectivity index (χ0v) is 12.1. The average Bonchev–Trinajstić information content (AvgIpc) is 2.93. The van der Waals surface area contributed by atoms with E-state index in [-0.39, 0.29) is 11.8 Å². The van der Waals surface area contributed by atoms with Crippen LogP contribution in [0.2, 0.25) is 0 Å². The summed E-state index contributed by atoms with van der Waals surface area (Å²) in [7, 11) is 1.62. The highest BCUT2D eigenvalue weighted by Gasteiger charge is 2.11. The number of rotatable bonds is 6. The Bertz CT molecular complexity index is 566. The number of aryl methyl sites for hydroxylation is 1. The van der Waals surface area contributed by atoms with Gasteiger partial charge < -0.3 is 19.7 Å². The third-order valence-electron chi connectivity index (χ3n) is 3.34. The Balaban J connectivity index is 2.02. The first kappa shape index (κ1) is 14.4. The van der Waals surface area contributed by atoms with Crippen LogP contribution in [0.3, 0.4) is 0 Å². The Morgan fingerprint density at radius 2 is 2.25 bits per heavy atom. The van der Waals surface area contributed by atoms with Crippen molar-refractivity contribution in [3.05, 3.63) is 42.0 Å². The lowest BCUT2D eigenvalue weighted by molar-refractivity contribution is 0.407. The van der Waals surface area contributed by atoms with E-state index >= 15 is 0 Å². The van der Waals surface area contributed by atoms with Gasteiger partial charge in [0.2, 0.25) is 0 Å². The van der Waals surface area contributed by atoms with Crippen molar-refractivity contribution >= 4 is 0 Å². The molecule has 0 aliphatic heterocycles. The topological polar surface area (TPSA) is 59.3 Å². The van der Waals surface area contributed by atoms with E-state index in [0.29, 0.717) is 6.54 Å². The van der Waals surface area contributed by atoms with Gasteiger partial charge in [-0.05, 0) is 32.0 Å². The van der Waals surface area contributed by atoms with Gasteiger partial charge in [-0.25, -0.2) is 4.98 Å². The van der Waals surface area contributed by atoms with E-state index < -0.39 is 0 Å². The summed E-state index contributed by atoms with van der Waals surface area (Å²) in [5, 5.41) is 13.3. The molecule has 0 saturated heterocycles. The zero-order valence-electron chi connectivity index (χ0n) is 12.1. The number of aromatic nitrogens is 2. The first-order valence-corrected chi connectivity index (χ1v) is 6.75. The van der Waals surface area contributed by atoms with Crippen LogP contribution in [0.25, 0.3) is 0 Å². The van der Waals surface area contributed by atoms with Crippen molar-refractivity contribution in [2.75, 3.05) is 7.11 Å². The number of phenolic OH excluding ortho intramolecular Hbond substituents is 1. The molecule has 2 aromatic rings. The van der Waals surface area contributed by atoms with Gasteiger partial charge in [0.25, 0.3) is 0 Å². The van der Waals surface area contributed by atoms with Gasteiger partial charge in [-0.15, -0.1) is 0 Å². The normalized spacial score (nSPS) is 12.3. The molecule has 0 saturated carbocycles. The largest absolute Gasteiger partial charge is 0.508 e. The predicted molar refractivity (Wildman–Crippen MR) is 77.8 cm³/mol. The number of benzene rings is 1. The summed E-state index contributed by atoms with van der Waals surface area (Å²) < 4.78 is 7.22. The molecule has 0 aliphatic carbocycles. The van der Waals surface area contributed by atoms with Crippen LogP contribution in [-0.4, -0.2) is 21.8 Å². The van der Waals surface area contributed by atoms with Gasteiger partial charge in [0.1, 0.15) is 11.5 Å². The fourth-order valence-corrected chi connectivity index (χ4v) is 2.04. The fourth-order valence-electron chi connectivity index (χ4n) is 2.04. The second kappa shape index (κ2) is 6.43. The molecule has 1 unspecified atom stereocenters. The van der Waals surface area contributed by atoms with Crippen LogP contribution in [0.15, 0.2) is 30.7 Å². The molecule has 0 aliphatic rings. The number of aromatic hydroxyl groups is 1. The summed E-state index contributed by atoms with van der Waals surface area (Å²) in [6.45, 7) is 5.66. The van der Waals surface area contributed by atoms with E-state index in [1.807, 2.05) is 30.1 Å². The van der Waals surface area contributed by atoms with Crippen LogP contribution >= 0.6 is 0 Å². The third kappa shape index (κ3) is 3.30. The molecule has 20 heavy (non-hydrogen) atoms. The number of hydrogen-bond donors (Lipinski definition) is 2. The van der Waals surface area contributed by atoms with Gasteiger partial charge in [-0.1, -0.05) is 0 Å². The Hall–Kier alpha value is -2.01. The maximum Gasteiger partial charge on any atom is 0.120 e. The Labute approximate surface area is 119 Å². The van der Waals surface area contributed by atoms with E-state index in [1.165, 1.54) is 0 Å². The molecule has 0 spiro atoms. The molecule has 2 N–H and O–H groups in total. The van der Waals surface area contributed by atoms with Crippen molar-refractivity contribution in [2.24, 2.45) is 0 Å². The van der Waals surface area contributed by atoms with E-state index in [1.54, 1.807) is 19.2 Å². The van der Waals surface area contributed by atoms with Crippen molar-refractivity contribution in [3.63, 3.8) is 0 Å². The second-order valence-corrected chi connectivity index (χ2v) is 4.72. The van der Waals surface area contributed by atoms with Crippen LogP contribution in [-0.2, 0) is 13.1 Å². The van der Waals surface area contributed by atoms with E-state index in [0.717, 1.165) is 23.6 Å². The monoisotopic (exact) mass is 275 g/mol. The molecule has 5 heteroatoms. The van der Waals surface area contributed by atoms with E-state index in [9.17, 15) is 5.11 Å². The maximum atomic E-state index is 9.92. The van der Waals surface area contributed by atoms with Crippen LogP contribution in [0.5, 0.6) is 11.5 Å². The molecular weight excluding hydrogens is 254 g/mol. The number of phenols is 1. The minimum atomic E-state index is 0.0110. The Morgan fingerprint density at radius 1 is 1.45 bits per heavy atom. The minimum absolute atomic E-state index is 0.0110. The highest BCUT2D eigenvalue weighted by Crippen LogP contribution is 2.28. The van der Waals surface area contributed by atoms with Gasteiger partial charge in [-0.3, -0.25) is 0 Å². The second-order valence-electron chi connectivity index (χ2n) is 4.72.